The Morgan fingerprint density at radius 2 is 0.635 bits per heavy atom. The van der Waals surface area contributed by atoms with Gasteiger partial charge in [-0.15, -0.1) is 0 Å². The lowest BCUT2D eigenvalue weighted by Gasteiger charge is -2.18. The van der Waals surface area contributed by atoms with Gasteiger partial charge < -0.3 is 14.2 Å². The zero-order valence-corrected chi connectivity index (χ0v) is 35.3. The topological polar surface area (TPSA) is 78.9 Å². The highest BCUT2D eigenvalue weighted by molar-refractivity contribution is 5.71. The minimum atomic E-state index is -0.757. The lowest BCUT2D eigenvalue weighted by Crippen LogP contribution is -2.30. The molecule has 1 atom stereocenters. The molecule has 0 N–H and O–H groups in total. The van der Waals surface area contributed by atoms with E-state index in [4.69, 9.17) is 14.2 Å². The number of hydrogen-bond donors (Lipinski definition) is 0. The van der Waals surface area contributed by atoms with Gasteiger partial charge in [0.2, 0.25) is 0 Å². The van der Waals surface area contributed by atoms with Crippen molar-refractivity contribution < 1.29 is 28.6 Å². The second-order valence-electron chi connectivity index (χ2n) is 16.2. The first-order valence-corrected chi connectivity index (χ1v) is 22.9. The predicted octanol–water partition coefficient (Wildman–Crippen LogP) is 14.3. The molecule has 0 aliphatic heterocycles. The lowest BCUT2D eigenvalue weighted by atomic mass is 10.0. The second kappa shape index (κ2) is 40.6. The van der Waals surface area contributed by atoms with Gasteiger partial charge >= 0.3 is 17.9 Å². The van der Waals surface area contributed by atoms with Gasteiger partial charge in [0.05, 0.1) is 0 Å². The van der Waals surface area contributed by atoms with Crippen molar-refractivity contribution in [3.63, 3.8) is 0 Å². The Morgan fingerprint density at radius 1 is 0.365 bits per heavy atom. The van der Waals surface area contributed by atoms with Crippen LogP contribution in [0.3, 0.4) is 0 Å². The summed E-state index contributed by atoms with van der Waals surface area (Å²) in [5.74, 6) is -0.0349. The van der Waals surface area contributed by atoms with Gasteiger partial charge in [0.15, 0.2) is 6.10 Å². The molecule has 52 heavy (non-hydrogen) atoms. The molecule has 0 aromatic heterocycles. The molecular weight excluding hydrogens is 648 g/mol. The highest BCUT2D eigenvalue weighted by Crippen LogP contribution is 2.16. The van der Waals surface area contributed by atoms with Crippen molar-refractivity contribution in [2.24, 2.45) is 5.92 Å². The first-order chi connectivity index (χ1) is 25.4. The third-order valence-electron chi connectivity index (χ3n) is 10.3. The number of hydrogen-bond acceptors (Lipinski definition) is 6. The van der Waals surface area contributed by atoms with E-state index in [0.717, 1.165) is 70.1 Å². The molecule has 308 valence electrons. The molecule has 0 aromatic rings. The number of carbonyl (C=O) groups is 3. The molecule has 6 heteroatoms. The van der Waals surface area contributed by atoms with Crippen molar-refractivity contribution in [2.45, 2.75) is 259 Å². The Balaban J connectivity index is 4.18. The summed E-state index contributed by atoms with van der Waals surface area (Å²) in [5, 5.41) is 0. The first kappa shape index (κ1) is 50.4. The summed E-state index contributed by atoms with van der Waals surface area (Å²) >= 11 is 0. The average molecular weight is 737 g/mol. The van der Waals surface area contributed by atoms with Gasteiger partial charge in [0, 0.05) is 19.3 Å². The number of carbonyl (C=O) groups excluding carboxylic acids is 3. The molecule has 0 aliphatic rings. The Kier molecular flexibility index (Phi) is 39.4. The van der Waals surface area contributed by atoms with Crippen LogP contribution < -0.4 is 0 Å². The van der Waals surface area contributed by atoms with Gasteiger partial charge in [-0.25, -0.2) is 0 Å². The number of rotatable bonds is 41. The molecular formula is C46H88O6. The maximum absolute atomic E-state index is 12.7. The molecule has 0 fully saturated rings. The Hall–Kier alpha value is -1.59. The SMILES string of the molecule is CCCCCCCCCCCCCCCCC(=O)OC[C@H](COC(=O)CCCCCCC)OC(=O)CCCCCCCCCCCCCCC(C)C. The molecule has 0 bridgehead atoms. The maximum Gasteiger partial charge on any atom is 0.306 e. The van der Waals surface area contributed by atoms with E-state index in [9.17, 15) is 14.4 Å². The Bertz CT molecular complexity index is 781. The summed E-state index contributed by atoms with van der Waals surface area (Å²) in [7, 11) is 0. The van der Waals surface area contributed by atoms with Crippen LogP contribution in [0.2, 0.25) is 0 Å². The van der Waals surface area contributed by atoms with Gasteiger partial charge in [0.25, 0.3) is 0 Å². The molecule has 0 saturated carbocycles. The second-order valence-corrected chi connectivity index (χ2v) is 16.2. The van der Waals surface area contributed by atoms with Crippen molar-refractivity contribution in [3.05, 3.63) is 0 Å². The minimum Gasteiger partial charge on any atom is -0.462 e. The molecule has 0 amide bonds. The van der Waals surface area contributed by atoms with Gasteiger partial charge in [-0.3, -0.25) is 14.4 Å². The highest BCUT2D eigenvalue weighted by atomic mass is 16.6. The van der Waals surface area contributed by atoms with Crippen LogP contribution in [0.15, 0.2) is 0 Å². The van der Waals surface area contributed by atoms with Crippen LogP contribution >= 0.6 is 0 Å². The third kappa shape index (κ3) is 39.6. The molecule has 6 nitrogen and oxygen atoms in total. The Morgan fingerprint density at radius 3 is 0.942 bits per heavy atom. The standard InChI is InChI=1S/C46H88O6/c1-5-7-9-11-12-13-14-15-16-20-23-26-30-34-38-45(48)51-41-43(40-50-44(47)37-33-28-10-8-6-2)52-46(49)39-35-31-27-24-21-18-17-19-22-25-29-32-36-42(3)4/h42-43H,5-41H2,1-4H3/t43-/m0/s1. The van der Waals surface area contributed by atoms with Crippen LogP contribution in [0.5, 0.6) is 0 Å². The van der Waals surface area contributed by atoms with Crippen molar-refractivity contribution >= 4 is 17.9 Å². The van der Waals surface area contributed by atoms with E-state index in [-0.39, 0.29) is 31.1 Å². The fourth-order valence-electron chi connectivity index (χ4n) is 6.80. The molecule has 0 spiro atoms. The van der Waals surface area contributed by atoms with E-state index in [2.05, 4.69) is 27.7 Å². The molecule has 0 unspecified atom stereocenters. The van der Waals surface area contributed by atoms with E-state index in [1.807, 2.05) is 0 Å². The predicted molar refractivity (Wildman–Crippen MR) is 220 cm³/mol. The van der Waals surface area contributed by atoms with Crippen molar-refractivity contribution in [3.8, 4) is 0 Å². The van der Waals surface area contributed by atoms with Crippen molar-refractivity contribution in [1.82, 2.24) is 0 Å². The minimum absolute atomic E-state index is 0.0646. The van der Waals surface area contributed by atoms with Gasteiger partial charge in [-0.1, -0.05) is 214 Å². The largest absolute Gasteiger partial charge is 0.462 e. The highest BCUT2D eigenvalue weighted by Gasteiger charge is 2.19. The van der Waals surface area contributed by atoms with E-state index < -0.39 is 6.10 Å². The summed E-state index contributed by atoms with van der Waals surface area (Å²) in [6.07, 6.45) is 39.7. The number of esters is 3. The molecule has 0 heterocycles. The van der Waals surface area contributed by atoms with E-state index in [1.54, 1.807) is 0 Å². The van der Waals surface area contributed by atoms with Crippen LogP contribution in [0.1, 0.15) is 252 Å². The van der Waals surface area contributed by atoms with Crippen molar-refractivity contribution in [2.75, 3.05) is 13.2 Å². The van der Waals surface area contributed by atoms with Gasteiger partial charge in [-0.05, 0) is 25.2 Å². The summed E-state index contributed by atoms with van der Waals surface area (Å²) in [6.45, 7) is 8.92. The van der Waals surface area contributed by atoms with E-state index >= 15 is 0 Å². The van der Waals surface area contributed by atoms with Crippen molar-refractivity contribution in [1.29, 1.82) is 0 Å². The third-order valence-corrected chi connectivity index (χ3v) is 10.3. The fraction of sp³-hybridized carbons (Fsp3) is 0.935. The number of unbranched alkanes of at least 4 members (excludes halogenated alkanes) is 28. The number of ether oxygens (including phenoxy) is 3. The zero-order chi connectivity index (χ0) is 38.2. The normalized spacial score (nSPS) is 11.9. The lowest BCUT2D eigenvalue weighted by molar-refractivity contribution is -0.167. The smallest absolute Gasteiger partial charge is 0.306 e. The van der Waals surface area contributed by atoms with Crippen LogP contribution in [0.4, 0.5) is 0 Å². The summed E-state index contributed by atoms with van der Waals surface area (Å²) in [5.41, 5.74) is 0. The zero-order valence-electron chi connectivity index (χ0n) is 35.3. The van der Waals surface area contributed by atoms with E-state index in [0.29, 0.717) is 19.3 Å². The molecule has 0 saturated heterocycles. The van der Waals surface area contributed by atoms with Crippen LogP contribution in [0, 0.1) is 5.92 Å². The average Bonchev–Trinajstić information content (AvgIpc) is 3.12. The molecule has 0 aromatic carbocycles. The first-order valence-electron chi connectivity index (χ1n) is 22.9. The monoisotopic (exact) mass is 737 g/mol. The summed E-state index contributed by atoms with van der Waals surface area (Å²) < 4.78 is 16.6. The van der Waals surface area contributed by atoms with Crippen LogP contribution in [0.25, 0.3) is 0 Å². The fourth-order valence-corrected chi connectivity index (χ4v) is 6.80. The summed E-state index contributed by atoms with van der Waals surface area (Å²) in [4.78, 5) is 37.5. The van der Waals surface area contributed by atoms with Crippen LogP contribution in [-0.4, -0.2) is 37.2 Å². The quantitative estimate of drug-likeness (QED) is 0.0353. The maximum atomic E-state index is 12.7. The molecule has 0 radical (unpaired) electrons. The van der Waals surface area contributed by atoms with Gasteiger partial charge in [-0.2, -0.15) is 0 Å². The molecule has 0 aliphatic carbocycles. The van der Waals surface area contributed by atoms with Gasteiger partial charge in [0.1, 0.15) is 13.2 Å². The Labute approximate surface area is 323 Å². The van der Waals surface area contributed by atoms with E-state index in [1.165, 1.54) is 141 Å². The summed E-state index contributed by atoms with van der Waals surface area (Å²) in [6, 6.07) is 0. The van der Waals surface area contributed by atoms with Crippen LogP contribution in [-0.2, 0) is 28.6 Å². The molecule has 0 rings (SSSR count).